The second kappa shape index (κ2) is 5.40. The molecule has 0 saturated carbocycles. The molecule has 0 amide bonds. The van der Waals surface area contributed by atoms with Crippen molar-refractivity contribution in [2.75, 3.05) is 6.54 Å². The van der Waals surface area contributed by atoms with Gasteiger partial charge in [0.1, 0.15) is 11.4 Å². The molecule has 0 aromatic heterocycles. The Morgan fingerprint density at radius 2 is 2.12 bits per heavy atom. The Balaban J connectivity index is 2.79. The van der Waals surface area contributed by atoms with Crippen molar-refractivity contribution in [1.29, 1.82) is 0 Å². The maximum Gasteiger partial charge on any atom is 0.320 e. The lowest BCUT2D eigenvalue weighted by Gasteiger charge is -2.32. The average Bonchev–Trinajstić information content (AvgIpc) is 2.75. The zero-order chi connectivity index (χ0) is 13.2. The van der Waals surface area contributed by atoms with Crippen LogP contribution in [0.25, 0.3) is 0 Å². The van der Waals surface area contributed by atoms with Gasteiger partial charge in [0.2, 0.25) is 0 Å². The quantitative estimate of drug-likeness (QED) is 0.739. The minimum absolute atomic E-state index is 0.0106. The van der Waals surface area contributed by atoms with Crippen molar-refractivity contribution in [3.8, 4) is 0 Å². The number of carbonyl (C=O) groups excluding carboxylic acids is 1. The van der Waals surface area contributed by atoms with Crippen LogP contribution in [0.2, 0.25) is 0 Å². The lowest BCUT2D eigenvalue weighted by atomic mass is 9.85. The summed E-state index contributed by atoms with van der Waals surface area (Å²) in [7, 11) is 0. The van der Waals surface area contributed by atoms with Crippen LogP contribution in [0.15, 0.2) is 0 Å². The number of thiol groups is 1. The van der Waals surface area contributed by atoms with Crippen LogP contribution in [0.4, 0.5) is 0 Å². The Labute approximate surface area is 108 Å². The Hall–Kier alpha value is -0.550. The first-order chi connectivity index (χ1) is 7.81. The summed E-state index contributed by atoms with van der Waals surface area (Å²) in [4.78, 5) is 25.0. The summed E-state index contributed by atoms with van der Waals surface area (Å²) in [5, 5.41) is 8.48. The molecular weight excluding hydrogens is 238 g/mol. The molecule has 0 radical (unpaired) electrons. The van der Waals surface area contributed by atoms with Gasteiger partial charge in [-0.15, -0.1) is 0 Å². The van der Waals surface area contributed by atoms with E-state index in [1.54, 1.807) is 4.90 Å². The van der Waals surface area contributed by atoms with Crippen molar-refractivity contribution in [3.05, 3.63) is 0 Å². The lowest BCUT2D eigenvalue weighted by Crippen LogP contribution is -2.48. The highest BCUT2D eigenvalue weighted by Gasteiger charge is 2.40. The van der Waals surface area contributed by atoms with Crippen LogP contribution in [0.5, 0.6) is 0 Å². The number of ketones is 1. The van der Waals surface area contributed by atoms with Gasteiger partial charge in [-0.1, -0.05) is 20.8 Å². The summed E-state index contributed by atoms with van der Waals surface area (Å²) in [5.41, 5.74) is -0.446. The zero-order valence-corrected chi connectivity index (χ0v) is 11.5. The van der Waals surface area contributed by atoms with E-state index in [-0.39, 0.29) is 5.78 Å². The predicted molar refractivity (Wildman–Crippen MR) is 69.2 cm³/mol. The first kappa shape index (κ1) is 14.5. The molecule has 1 aliphatic heterocycles. The number of carboxylic acids is 1. The largest absolute Gasteiger partial charge is 0.480 e. The molecule has 2 atom stereocenters. The summed E-state index contributed by atoms with van der Waals surface area (Å²) in [6, 6.07) is -0.561. The highest BCUT2D eigenvalue weighted by Crippen LogP contribution is 2.30. The molecule has 1 saturated heterocycles. The minimum atomic E-state index is -0.858. The molecule has 5 heteroatoms. The number of hydrogen-bond donors (Lipinski definition) is 2. The number of aliphatic carboxylic acids is 1. The SMILES string of the molecule is CCC(C)(C)C(=O)[C@H](S)N1CCCC1C(=O)O. The molecule has 1 unspecified atom stereocenters. The molecular formula is C12H21NO3S. The third-order valence-electron chi connectivity index (χ3n) is 3.68. The lowest BCUT2D eigenvalue weighted by molar-refractivity contribution is -0.143. The van der Waals surface area contributed by atoms with Crippen LogP contribution in [0, 0.1) is 5.41 Å². The minimum Gasteiger partial charge on any atom is -0.480 e. The molecule has 98 valence electrons. The summed E-state index contributed by atoms with van der Waals surface area (Å²) in [5.74, 6) is -0.847. The van der Waals surface area contributed by atoms with Crippen molar-refractivity contribution in [2.45, 2.75) is 51.4 Å². The standard InChI is InChI=1S/C12H21NO3S/c1-4-12(2,3)9(14)10(17)13-7-5-6-8(13)11(15)16/h8,10,17H,4-7H2,1-3H3,(H,15,16)/t8?,10-/m0/s1. The van der Waals surface area contributed by atoms with E-state index >= 15 is 0 Å². The van der Waals surface area contributed by atoms with Gasteiger partial charge in [-0.2, -0.15) is 12.6 Å². The van der Waals surface area contributed by atoms with Crippen LogP contribution in [-0.4, -0.2) is 39.7 Å². The van der Waals surface area contributed by atoms with Gasteiger partial charge in [0.05, 0.1) is 0 Å². The number of nitrogens with zero attached hydrogens (tertiary/aromatic N) is 1. The number of Topliss-reactive ketones (excluding diaryl/α,β-unsaturated/α-hetero) is 1. The molecule has 0 aliphatic carbocycles. The third kappa shape index (κ3) is 3.01. The first-order valence-electron chi connectivity index (χ1n) is 6.02. The molecule has 0 aromatic rings. The summed E-state index contributed by atoms with van der Waals surface area (Å²) < 4.78 is 0. The average molecular weight is 259 g/mol. The Kier molecular flexibility index (Phi) is 4.61. The fraction of sp³-hybridized carbons (Fsp3) is 0.833. The number of carboxylic acid groups (broad SMARTS) is 1. The van der Waals surface area contributed by atoms with E-state index in [1.807, 2.05) is 20.8 Å². The van der Waals surface area contributed by atoms with Gasteiger partial charge in [0.15, 0.2) is 5.78 Å². The van der Waals surface area contributed by atoms with Gasteiger partial charge in [-0.3, -0.25) is 14.5 Å². The summed E-state index contributed by atoms with van der Waals surface area (Å²) >= 11 is 4.33. The Morgan fingerprint density at radius 3 is 2.59 bits per heavy atom. The Bertz CT molecular complexity index is 317. The second-order valence-corrected chi connectivity index (χ2v) is 5.70. The molecule has 1 heterocycles. The van der Waals surface area contributed by atoms with E-state index in [0.29, 0.717) is 13.0 Å². The maximum absolute atomic E-state index is 12.2. The van der Waals surface area contributed by atoms with E-state index < -0.39 is 22.8 Å². The highest BCUT2D eigenvalue weighted by atomic mass is 32.1. The van der Waals surface area contributed by atoms with E-state index in [9.17, 15) is 9.59 Å². The highest BCUT2D eigenvalue weighted by molar-refractivity contribution is 7.81. The molecule has 1 rings (SSSR count). The maximum atomic E-state index is 12.2. The first-order valence-corrected chi connectivity index (χ1v) is 6.54. The molecule has 0 bridgehead atoms. The van der Waals surface area contributed by atoms with Crippen molar-refractivity contribution in [1.82, 2.24) is 4.90 Å². The van der Waals surface area contributed by atoms with E-state index in [1.165, 1.54) is 0 Å². The summed E-state index contributed by atoms with van der Waals surface area (Å²) in [6.45, 7) is 6.35. The molecule has 4 nitrogen and oxygen atoms in total. The van der Waals surface area contributed by atoms with Gasteiger partial charge in [0.25, 0.3) is 0 Å². The topological polar surface area (TPSA) is 57.6 Å². The van der Waals surface area contributed by atoms with Gasteiger partial charge in [-0.25, -0.2) is 0 Å². The fourth-order valence-electron chi connectivity index (χ4n) is 2.02. The van der Waals surface area contributed by atoms with Gasteiger partial charge < -0.3 is 5.11 Å². The fourth-order valence-corrected chi connectivity index (χ4v) is 2.65. The van der Waals surface area contributed by atoms with Crippen LogP contribution >= 0.6 is 12.6 Å². The smallest absolute Gasteiger partial charge is 0.320 e. The normalized spacial score (nSPS) is 23.6. The van der Waals surface area contributed by atoms with E-state index in [0.717, 1.165) is 12.8 Å². The number of likely N-dealkylation sites (tertiary alicyclic amines) is 1. The molecule has 0 spiro atoms. The second-order valence-electron chi connectivity index (χ2n) is 5.21. The number of rotatable bonds is 5. The third-order valence-corrected chi connectivity index (χ3v) is 4.21. The van der Waals surface area contributed by atoms with Crippen LogP contribution < -0.4 is 0 Å². The van der Waals surface area contributed by atoms with Crippen LogP contribution in [0.1, 0.15) is 40.0 Å². The molecule has 1 aliphatic rings. The molecule has 1 N–H and O–H groups in total. The molecule has 1 fully saturated rings. The zero-order valence-electron chi connectivity index (χ0n) is 10.6. The molecule has 0 aromatic carbocycles. The van der Waals surface area contributed by atoms with Crippen molar-refractivity contribution < 1.29 is 14.7 Å². The predicted octanol–water partition coefficient (Wildman–Crippen LogP) is 1.80. The number of hydrogen-bond acceptors (Lipinski definition) is 4. The van der Waals surface area contributed by atoms with E-state index in [4.69, 9.17) is 5.11 Å². The van der Waals surface area contributed by atoms with Gasteiger partial charge >= 0.3 is 5.97 Å². The van der Waals surface area contributed by atoms with Crippen LogP contribution in [-0.2, 0) is 9.59 Å². The van der Waals surface area contributed by atoms with Crippen molar-refractivity contribution in [2.24, 2.45) is 5.41 Å². The van der Waals surface area contributed by atoms with Gasteiger partial charge in [0, 0.05) is 12.0 Å². The van der Waals surface area contributed by atoms with Crippen molar-refractivity contribution >= 4 is 24.4 Å². The monoisotopic (exact) mass is 259 g/mol. The Morgan fingerprint density at radius 1 is 1.53 bits per heavy atom. The number of carbonyl (C=O) groups is 2. The van der Waals surface area contributed by atoms with Gasteiger partial charge in [-0.05, 0) is 19.3 Å². The van der Waals surface area contributed by atoms with Crippen LogP contribution in [0.3, 0.4) is 0 Å². The van der Waals surface area contributed by atoms with Crippen molar-refractivity contribution in [3.63, 3.8) is 0 Å². The van der Waals surface area contributed by atoms with E-state index in [2.05, 4.69) is 12.6 Å². The summed E-state index contributed by atoms with van der Waals surface area (Å²) in [6.07, 6.45) is 2.15. The molecule has 17 heavy (non-hydrogen) atoms.